The lowest BCUT2D eigenvalue weighted by molar-refractivity contribution is 0.0742. The molecule has 6 nitrogen and oxygen atoms in total. The van der Waals surface area contributed by atoms with Crippen LogP contribution < -0.4 is 0 Å². The fourth-order valence-corrected chi connectivity index (χ4v) is 5.04. The fourth-order valence-electron chi connectivity index (χ4n) is 3.50. The number of hydrogen-bond acceptors (Lipinski definition) is 4. The molecule has 0 saturated carbocycles. The Labute approximate surface area is 149 Å². The Morgan fingerprint density at radius 3 is 2.36 bits per heavy atom. The van der Waals surface area contributed by atoms with E-state index in [0.29, 0.717) is 18.5 Å². The van der Waals surface area contributed by atoms with E-state index < -0.39 is 16.1 Å². The first-order valence-corrected chi connectivity index (χ1v) is 10.5. The number of amides is 1. The van der Waals surface area contributed by atoms with Crippen LogP contribution in [0, 0.1) is 0 Å². The van der Waals surface area contributed by atoms with Crippen molar-refractivity contribution in [3.63, 3.8) is 0 Å². The molecule has 2 saturated heterocycles. The Bertz CT molecular complexity index is 712. The highest BCUT2D eigenvalue weighted by molar-refractivity contribution is 7.89. The van der Waals surface area contributed by atoms with Crippen molar-refractivity contribution < 1.29 is 18.3 Å². The van der Waals surface area contributed by atoms with E-state index >= 15 is 0 Å². The molecule has 0 bridgehead atoms. The molecule has 1 aromatic rings. The van der Waals surface area contributed by atoms with Gasteiger partial charge in [0, 0.05) is 31.7 Å². The molecule has 0 radical (unpaired) electrons. The number of nitrogens with zero attached hydrogens (tertiary/aromatic N) is 2. The first-order chi connectivity index (χ1) is 12.0. The van der Waals surface area contributed by atoms with Crippen molar-refractivity contribution in [2.24, 2.45) is 0 Å². The molecule has 1 amide bonds. The minimum absolute atomic E-state index is 0.0968. The van der Waals surface area contributed by atoms with E-state index in [9.17, 15) is 18.3 Å². The van der Waals surface area contributed by atoms with Gasteiger partial charge in [-0.05, 0) is 37.5 Å². The zero-order valence-electron chi connectivity index (χ0n) is 14.4. The monoisotopic (exact) mass is 366 g/mol. The van der Waals surface area contributed by atoms with Crippen LogP contribution >= 0.6 is 0 Å². The molecule has 25 heavy (non-hydrogen) atoms. The second kappa shape index (κ2) is 7.85. The number of hydrogen-bond donors (Lipinski definition) is 1. The molecule has 3 rings (SSSR count). The maximum Gasteiger partial charge on any atom is 0.253 e. The molecule has 2 aliphatic heterocycles. The summed E-state index contributed by atoms with van der Waals surface area (Å²) in [5, 5.41) is 9.61. The molecule has 1 atom stereocenters. The van der Waals surface area contributed by atoms with E-state index in [1.54, 1.807) is 12.1 Å². The van der Waals surface area contributed by atoms with Gasteiger partial charge < -0.3 is 10.0 Å². The van der Waals surface area contributed by atoms with E-state index in [1.807, 2.05) is 4.90 Å². The lowest BCUT2D eigenvalue weighted by atomic mass is 10.1. The number of carbonyl (C=O) groups is 1. The predicted molar refractivity (Wildman–Crippen MR) is 94.8 cm³/mol. The number of carbonyl (C=O) groups excluding carboxylic acids is 1. The minimum Gasteiger partial charge on any atom is -0.392 e. The Morgan fingerprint density at radius 2 is 1.72 bits per heavy atom. The number of benzene rings is 1. The third kappa shape index (κ3) is 4.22. The molecule has 0 aromatic heterocycles. The molecule has 0 aliphatic carbocycles. The molecule has 2 fully saturated rings. The van der Waals surface area contributed by atoms with Gasteiger partial charge in [-0.2, -0.15) is 4.31 Å². The summed E-state index contributed by atoms with van der Waals surface area (Å²) in [6.45, 7) is 1.89. The molecule has 7 heteroatoms. The summed E-state index contributed by atoms with van der Waals surface area (Å²) in [6.07, 6.45) is 5.32. The van der Waals surface area contributed by atoms with Gasteiger partial charge in [0.1, 0.15) is 0 Å². The zero-order valence-corrected chi connectivity index (χ0v) is 15.2. The lowest BCUT2D eigenvalue weighted by Gasteiger charge is -2.25. The number of β-amino-alcohol motifs (C(OH)–C–C–N with tert-alkyl or cyclic N) is 1. The smallest absolute Gasteiger partial charge is 0.253 e. The highest BCUT2D eigenvalue weighted by atomic mass is 32.2. The van der Waals surface area contributed by atoms with Crippen molar-refractivity contribution in [2.75, 3.05) is 26.2 Å². The highest BCUT2D eigenvalue weighted by Crippen LogP contribution is 2.23. The van der Waals surface area contributed by atoms with E-state index in [0.717, 1.165) is 38.8 Å². The molecule has 0 unspecified atom stereocenters. The normalized spacial score (nSPS) is 23.2. The van der Waals surface area contributed by atoms with Gasteiger partial charge in [0.2, 0.25) is 10.0 Å². The summed E-state index contributed by atoms with van der Waals surface area (Å²) >= 11 is 0. The van der Waals surface area contributed by atoms with Crippen LogP contribution in [0.3, 0.4) is 0 Å². The Balaban J connectivity index is 1.79. The number of aliphatic hydroxyl groups is 1. The van der Waals surface area contributed by atoms with E-state index in [2.05, 4.69) is 0 Å². The van der Waals surface area contributed by atoms with Crippen LogP contribution in [-0.4, -0.2) is 60.9 Å². The van der Waals surface area contributed by atoms with Gasteiger partial charge in [-0.1, -0.05) is 25.3 Å². The van der Waals surface area contributed by atoms with E-state index in [4.69, 9.17) is 0 Å². The Kier molecular flexibility index (Phi) is 5.76. The van der Waals surface area contributed by atoms with Gasteiger partial charge in [-0.15, -0.1) is 0 Å². The number of sulfonamides is 1. The van der Waals surface area contributed by atoms with Crippen LogP contribution in [0.25, 0.3) is 0 Å². The van der Waals surface area contributed by atoms with Crippen molar-refractivity contribution in [1.29, 1.82) is 0 Å². The number of aliphatic hydroxyl groups excluding tert-OH is 1. The van der Waals surface area contributed by atoms with Crippen LogP contribution in [0.1, 0.15) is 48.9 Å². The third-order valence-electron chi connectivity index (χ3n) is 4.99. The quantitative estimate of drug-likeness (QED) is 0.886. The molecule has 2 aliphatic rings. The van der Waals surface area contributed by atoms with Crippen LogP contribution in [0.15, 0.2) is 29.2 Å². The molecular weight excluding hydrogens is 340 g/mol. The van der Waals surface area contributed by atoms with Gasteiger partial charge in [0.05, 0.1) is 11.0 Å². The summed E-state index contributed by atoms with van der Waals surface area (Å²) in [6, 6.07) is 6.29. The van der Waals surface area contributed by atoms with Crippen LogP contribution in [0.5, 0.6) is 0 Å². The number of rotatable bonds is 3. The summed E-state index contributed by atoms with van der Waals surface area (Å²) < 4.78 is 26.7. The standard InChI is InChI=1S/C18H26N2O4S/c21-16-9-12-20(14-16)25(23,24)17-8-6-7-15(13-17)18(22)19-10-4-2-1-3-5-11-19/h6-8,13,16,21H,1-5,9-12,14H2/t16-/m1/s1. The van der Waals surface area contributed by atoms with Gasteiger partial charge in [-0.3, -0.25) is 4.79 Å². The molecular formula is C18H26N2O4S. The van der Waals surface area contributed by atoms with Gasteiger partial charge >= 0.3 is 0 Å². The van der Waals surface area contributed by atoms with Crippen molar-refractivity contribution in [1.82, 2.24) is 9.21 Å². The van der Waals surface area contributed by atoms with Crippen molar-refractivity contribution >= 4 is 15.9 Å². The lowest BCUT2D eigenvalue weighted by Crippen LogP contribution is -2.34. The molecule has 2 heterocycles. The summed E-state index contributed by atoms with van der Waals surface area (Å²) in [4.78, 5) is 14.8. The first kappa shape index (κ1) is 18.4. The highest BCUT2D eigenvalue weighted by Gasteiger charge is 2.32. The average molecular weight is 366 g/mol. The summed E-state index contributed by atoms with van der Waals surface area (Å²) in [7, 11) is -3.67. The SMILES string of the molecule is O=C(c1cccc(S(=O)(=O)N2CC[C@@H](O)C2)c1)N1CCCCCCC1. The topological polar surface area (TPSA) is 77.9 Å². The van der Waals surface area contributed by atoms with E-state index in [-0.39, 0.29) is 17.3 Å². The predicted octanol–water partition coefficient (Wildman–Crippen LogP) is 1.85. The zero-order chi connectivity index (χ0) is 17.9. The van der Waals surface area contributed by atoms with Crippen molar-refractivity contribution in [3.05, 3.63) is 29.8 Å². The maximum absolute atomic E-state index is 12.8. The molecule has 1 N–H and O–H groups in total. The maximum atomic E-state index is 12.8. The number of likely N-dealkylation sites (tertiary alicyclic amines) is 1. The summed E-state index contributed by atoms with van der Waals surface area (Å²) in [5.74, 6) is -0.0968. The van der Waals surface area contributed by atoms with Crippen molar-refractivity contribution in [2.45, 2.75) is 49.5 Å². The average Bonchev–Trinajstić information content (AvgIpc) is 3.01. The second-order valence-electron chi connectivity index (χ2n) is 6.89. The molecule has 138 valence electrons. The van der Waals surface area contributed by atoms with Gasteiger partial charge in [-0.25, -0.2) is 8.42 Å². The van der Waals surface area contributed by atoms with Crippen LogP contribution in [-0.2, 0) is 10.0 Å². The van der Waals surface area contributed by atoms with Gasteiger partial charge in [0.25, 0.3) is 5.91 Å². The largest absolute Gasteiger partial charge is 0.392 e. The van der Waals surface area contributed by atoms with Gasteiger partial charge in [0.15, 0.2) is 0 Å². The second-order valence-corrected chi connectivity index (χ2v) is 8.83. The molecule has 1 aromatic carbocycles. The first-order valence-electron chi connectivity index (χ1n) is 9.06. The van der Waals surface area contributed by atoms with Crippen LogP contribution in [0.2, 0.25) is 0 Å². The Hall–Kier alpha value is -1.44. The summed E-state index contributed by atoms with van der Waals surface area (Å²) in [5.41, 5.74) is 0.418. The Morgan fingerprint density at radius 1 is 1.04 bits per heavy atom. The minimum atomic E-state index is -3.67. The molecule has 0 spiro atoms. The fraction of sp³-hybridized carbons (Fsp3) is 0.611. The van der Waals surface area contributed by atoms with Crippen LogP contribution in [0.4, 0.5) is 0 Å². The third-order valence-corrected chi connectivity index (χ3v) is 6.85. The van der Waals surface area contributed by atoms with Crippen molar-refractivity contribution in [3.8, 4) is 0 Å². The van der Waals surface area contributed by atoms with E-state index in [1.165, 1.54) is 22.9 Å².